The first-order chi connectivity index (χ1) is 10.3. The van der Waals surface area contributed by atoms with Gasteiger partial charge in [0.1, 0.15) is 5.75 Å². The smallest absolute Gasteiger partial charge is 0.177 e. The van der Waals surface area contributed by atoms with Crippen molar-refractivity contribution in [1.29, 1.82) is 0 Å². The number of nitrogens with zero attached hydrogens (tertiary/aromatic N) is 2. The normalized spacial score (nSPS) is 28.0. The second kappa shape index (κ2) is 5.22. The SMILES string of the molecule is CCOc1ccc2c(NC3CN4CCC3CC4)noc2c1. The molecule has 112 valence electrons. The summed E-state index contributed by atoms with van der Waals surface area (Å²) in [5.41, 5.74) is 0.782. The van der Waals surface area contributed by atoms with Crippen molar-refractivity contribution in [2.75, 3.05) is 31.6 Å². The fraction of sp³-hybridized carbons (Fsp3) is 0.562. The van der Waals surface area contributed by atoms with Crippen LogP contribution in [-0.2, 0) is 0 Å². The van der Waals surface area contributed by atoms with Gasteiger partial charge < -0.3 is 19.5 Å². The molecular formula is C16H21N3O2. The minimum atomic E-state index is 0.493. The lowest BCUT2D eigenvalue weighted by Crippen LogP contribution is -2.53. The summed E-state index contributed by atoms with van der Waals surface area (Å²) >= 11 is 0. The zero-order valence-electron chi connectivity index (χ0n) is 12.3. The Morgan fingerprint density at radius 1 is 1.38 bits per heavy atom. The van der Waals surface area contributed by atoms with E-state index in [-0.39, 0.29) is 0 Å². The second-order valence-electron chi connectivity index (χ2n) is 6.01. The molecule has 2 aromatic rings. The molecule has 21 heavy (non-hydrogen) atoms. The molecule has 0 aliphatic carbocycles. The average molecular weight is 287 g/mol. The van der Waals surface area contributed by atoms with E-state index in [1.165, 1.54) is 25.9 Å². The number of piperidine rings is 3. The van der Waals surface area contributed by atoms with Gasteiger partial charge in [0.25, 0.3) is 0 Å². The van der Waals surface area contributed by atoms with E-state index < -0.39 is 0 Å². The molecule has 3 aliphatic rings. The Kier molecular flexibility index (Phi) is 3.22. The number of nitrogens with one attached hydrogen (secondary N) is 1. The molecule has 5 heteroatoms. The van der Waals surface area contributed by atoms with Crippen molar-refractivity contribution in [1.82, 2.24) is 10.1 Å². The molecule has 5 nitrogen and oxygen atoms in total. The minimum absolute atomic E-state index is 0.493. The van der Waals surface area contributed by atoms with Gasteiger partial charge in [0.15, 0.2) is 11.4 Å². The number of anilines is 1. The highest BCUT2D eigenvalue weighted by Gasteiger charge is 2.34. The Labute approximate surface area is 124 Å². The number of hydrogen-bond donors (Lipinski definition) is 1. The van der Waals surface area contributed by atoms with Gasteiger partial charge in [0.2, 0.25) is 0 Å². The molecule has 1 aromatic heterocycles. The predicted molar refractivity (Wildman–Crippen MR) is 81.8 cm³/mol. The maximum Gasteiger partial charge on any atom is 0.177 e. The van der Waals surface area contributed by atoms with Gasteiger partial charge in [-0.25, -0.2) is 0 Å². The molecule has 0 saturated carbocycles. The van der Waals surface area contributed by atoms with Gasteiger partial charge in [-0.3, -0.25) is 0 Å². The summed E-state index contributed by atoms with van der Waals surface area (Å²) in [6.07, 6.45) is 2.59. The number of fused-ring (bicyclic) bond motifs is 4. The van der Waals surface area contributed by atoms with Crippen molar-refractivity contribution in [3.05, 3.63) is 18.2 Å². The molecule has 1 aromatic carbocycles. The molecule has 5 rings (SSSR count). The second-order valence-corrected chi connectivity index (χ2v) is 6.01. The number of aromatic nitrogens is 1. The molecule has 0 spiro atoms. The lowest BCUT2D eigenvalue weighted by atomic mass is 9.84. The van der Waals surface area contributed by atoms with Crippen molar-refractivity contribution < 1.29 is 9.26 Å². The van der Waals surface area contributed by atoms with Gasteiger partial charge in [-0.05, 0) is 50.9 Å². The van der Waals surface area contributed by atoms with E-state index in [4.69, 9.17) is 9.26 Å². The summed E-state index contributed by atoms with van der Waals surface area (Å²) in [7, 11) is 0. The van der Waals surface area contributed by atoms with Crippen LogP contribution in [-0.4, -0.2) is 42.3 Å². The predicted octanol–water partition coefficient (Wildman–Crippen LogP) is 2.73. The fourth-order valence-corrected chi connectivity index (χ4v) is 3.58. The minimum Gasteiger partial charge on any atom is -0.494 e. The maximum absolute atomic E-state index is 5.50. The van der Waals surface area contributed by atoms with Gasteiger partial charge in [0.05, 0.1) is 12.0 Å². The summed E-state index contributed by atoms with van der Waals surface area (Å²) in [6, 6.07) is 6.41. The molecule has 3 fully saturated rings. The number of benzene rings is 1. The van der Waals surface area contributed by atoms with Crippen molar-refractivity contribution in [2.24, 2.45) is 5.92 Å². The lowest BCUT2D eigenvalue weighted by Gasteiger charge is -2.44. The first-order valence-electron chi connectivity index (χ1n) is 7.84. The van der Waals surface area contributed by atoms with Gasteiger partial charge in [-0.1, -0.05) is 5.16 Å². The Hall–Kier alpha value is -1.75. The van der Waals surface area contributed by atoms with E-state index >= 15 is 0 Å². The largest absolute Gasteiger partial charge is 0.494 e. The van der Waals surface area contributed by atoms with Gasteiger partial charge >= 0.3 is 0 Å². The Morgan fingerprint density at radius 3 is 2.95 bits per heavy atom. The van der Waals surface area contributed by atoms with Crippen molar-refractivity contribution >= 4 is 16.8 Å². The van der Waals surface area contributed by atoms with Crippen LogP contribution < -0.4 is 10.1 Å². The third kappa shape index (κ3) is 2.35. The first-order valence-corrected chi connectivity index (χ1v) is 7.84. The van der Waals surface area contributed by atoms with Crippen LogP contribution in [0.25, 0.3) is 11.0 Å². The molecule has 1 N–H and O–H groups in total. The standard InChI is InChI=1S/C16H21N3O2/c1-2-20-12-3-4-13-15(9-12)21-18-16(13)17-14-10-19-7-5-11(14)6-8-19/h3-4,9,11,14H,2,5-8,10H2,1H3,(H,17,18). The quantitative estimate of drug-likeness (QED) is 0.937. The maximum atomic E-state index is 5.50. The van der Waals surface area contributed by atoms with Crippen LogP contribution in [0, 0.1) is 5.92 Å². The Morgan fingerprint density at radius 2 is 2.24 bits per heavy atom. The van der Waals surface area contributed by atoms with Crippen LogP contribution in [0.4, 0.5) is 5.82 Å². The third-order valence-electron chi connectivity index (χ3n) is 4.73. The van der Waals surface area contributed by atoms with Crippen molar-refractivity contribution in [3.63, 3.8) is 0 Å². The van der Waals surface area contributed by atoms with E-state index in [9.17, 15) is 0 Å². The highest BCUT2D eigenvalue weighted by Crippen LogP contribution is 2.32. The van der Waals surface area contributed by atoms with E-state index in [2.05, 4.69) is 15.4 Å². The molecule has 0 amide bonds. The molecule has 3 saturated heterocycles. The topological polar surface area (TPSA) is 50.5 Å². The van der Waals surface area contributed by atoms with E-state index in [0.717, 1.165) is 35.0 Å². The van der Waals surface area contributed by atoms with Crippen molar-refractivity contribution in [2.45, 2.75) is 25.8 Å². The highest BCUT2D eigenvalue weighted by molar-refractivity contribution is 5.89. The molecule has 2 bridgehead atoms. The van der Waals surface area contributed by atoms with Gasteiger partial charge in [-0.15, -0.1) is 0 Å². The monoisotopic (exact) mass is 287 g/mol. The van der Waals surface area contributed by atoms with Crippen LogP contribution >= 0.6 is 0 Å². The number of rotatable bonds is 4. The summed E-state index contributed by atoms with van der Waals surface area (Å²) in [4.78, 5) is 2.53. The highest BCUT2D eigenvalue weighted by atomic mass is 16.5. The first kappa shape index (κ1) is 13.0. The van der Waals surface area contributed by atoms with Crippen LogP contribution in [0.3, 0.4) is 0 Å². The summed E-state index contributed by atoms with van der Waals surface area (Å²) in [5.74, 6) is 2.46. The molecule has 1 atom stereocenters. The molecule has 4 heterocycles. The number of hydrogen-bond acceptors (Lipinski definition) is 5. The molecule has 0 radical (unpaired) electrons. The van der Waals surface area contributed by atoms with Crippen LogP contribution in [0.2, 0.25) is 0 Å². The van der Waals surface area contributed by atoms with Crippen LogP contribution in [0.5, 0.6) is 5.75 Å². The summed E-state index contributed by atoms with van der Waals surface area (Å²) in [5, 5.41) is 8.85. The summed E-state index contributed by atoms with van der Waals surface area (Å²) in [6.45, 7) is 6.26. The fourth-order valence-electron chi connectivity index (χ4n) is 3.58. The average Bonchev–Trinajstić information content (AvgIpc) is 2.91. The van der Waals surface area contributed by atoms with Crippen LogP contribution in [0.15, 0.2) is 22.7 Å². The van der Waals surface area contributed by atoms with E-state index in [0.29, 0.717) is 12.6 Å². The Bertz CT molecular complexity index is 631. The Balaban J connectivity index is 1.56. The zero-order valence-corrected chi connectivity index (χ0v) is 12.3. The van der Waals surface area contributed by atoms with E-state index in [1.807, 2.05) is 25.1 Å². The van der Waals surface area contributed by atoms with Gasteiger partial charge in [-0.2, -0.15) is 0 Å². The van der Waals surface area contributed by atoms with E-state index in [1.54, 1.807) is 0 Å². The molecule has 3 aliphatic heterocycles. The zero-order chi connectivity index (χ0) is 14.2. The van der Waals surface area contributed by atoms with Gasteiger partial charge in [0, 0.05) is 18.7 Å². The molecule has 1 unspecified atom stereocenters. The number of ether oxygens (including phenoxy) is 1. The molecular weight excluding hydrogens is 266 g/mol. The van der Waals surface area contributed by atoms with Crippen LogP contribution in [0.1, 0.15) is 19.8 Å². The summed E-state index contributed by atoms with van der Waals surface area (Å²) < 4.78 is 11.0. The lowest BCUT2D eigenvalue weighted by molar-refractivity contribution is 0.0973. The third-order valence-corrected chi connectivity index (χ3v) is 4.73. The van der Waals surface area contributed by atoms with Crippen molar-refractivity contribution in [3.8, 4) is 5.75 Å².